The van der Waals surface area contributed by atoms with Crippen molar-refractivity contribution in [3.63, 3.8) is 0 Å². The fourth-order valence-electron chi connectivity index (χ4n) is 0.977. The molecule has 0 amide bonds. The zero-order valence-electron chi connectivity index (χ0n) is 8.01. The first-order chi connectivity index (χ1) is 6.19. The Morgan fingerprint density at radius 3 is 2.67 bits per heavy atom. The Balaban J connectivity index is 0. The van der Waals surface area contributed by atoms with E-state index in [0.29, 0.717) is 5.56 Å². The Morgan fingerprint density at radius 2 is 2.20 bits per heavy atom. The van der Waals surface area contributed by atoms with Crippen LogP contribution >= 0.6 is 24.8 Å². The highest BCUT2D eigenvalue weighted by Gasteiger charge is 2.12. The topological polar surface area (TPSA) is 68.4 Å². The van der Waals surface area contributed by atoms with Crippen molar-refractivity contribution in [2.75, 3.05) is 13.7 Å². The number of nitrogens with zero attached hydrogens (tertiary/aromatic N) is 1. The van der Waals surface area contributed by atoms with Crippen LogP contribution in [0.15, 0.2) is 12.3 Å². The van der Waals surface area contributed by atoms with Crippen LogP contribution in [0.5, 0.6) is 5.88 Å². The Kier molecular flexibility index (Phi) is 8.56. The van der Waals surface area contributed by atoms with Crippen molar-refractivity contribution >= 4 is 24.8 Å². The summed E-state index contributed by atoms with van der Waals surface area (Å²) in [6, 6.07) is 0.533. The van der Waals surface area contributed by atoms with Gasteiger partial charge in [-0.1, -0.05) is 0 Å². The lowest BCUT2D eigenvalue weighted by atomic mass is 10.1. The molecule has 0 bridgehead atoms. The van der Waals surface area contributed by atoms with Crippen molar-refractivity contribution in [1.29, 1.82) is 0 Å². The van der Waals surface area contributed by atoms with Crippen LogP contribution < -0.4 is 10.5 Å². The van der Waals surface area contributed by atoms with Gasteiger partial charge in [-0.25, -0.2) is 9.37 Å². The molecule has 1 atom stereocenters. The molecule has 0 aromatic carbocycles. The summed E-state index contributed by atoms with van der Waals surface area (Å²) in [6.07, 6.45) is 1.03. The van der Waals surface area contributed by atoms with Crippen molar-refractivity contribution in [2.45, 2.75) is 6.04 Å². The summed E-state index contributed by atoms with van der Waals surface area (Å²) in [4.78, 5) is 3.68. The number of methoxy groups -OCH3 is 1. The molecule has 0 aliphatic rings. The number of aromatic nitrogens is 1. The van der Waals surface area contributed by atoms with Gasteiger partial charge in [0.2, 0.25) is 5.88 Å². The molecular weight excluding hydrogens is 246 g/mol. The molecule has 1 heterocycles. The van der Waals surface area contributed by atoms with Gasteiger partial charge in [0.05, 0.1) is 26.0 Å². The number of nitrogens with two attached hydrogens (primary N) is 1. The van der Waals surface area contributed by atoms with E-state index in [-0.39, 0.29) is 37.3 Å². The smallest absolute Gasteiger partial charge is 0.218 e. The molecule has 0 unspecified atom stereocenters. The molecule has 1 aromatic heterocycles. The van der Waals surface area contributed by atoms with Crippen molar-refractivity contribution in [2.24, 2.45) is 5.73 Å². The van der Waals surface area contributed by atoms with Gasteiger partial charge in [-0.2, -0.15) is 0 Å². The van der Waals surface area contributed by atoms with E-state index in [1.54, 1.807) is 0 Å². The second-order valence-corrected chi connectivity index (χ2v) is 2.54. The maximum absolute atomic E-state index is 12.7. The van der Waals surface area contributed by atoms with Gasteiger partial charge >= 0.3 is 0 Å². The number of pyridine rings is 1. The number of aliphatic hydroxyl groups is 1. The lowest BCUT2D eigenvalue weighted by molar-refractivity contribution is 0.263. The number of rotatable bonds is 3. The molecule has 0 aliphatic carbocycles. The van der Waals surface area contributed by atoms with E-state index >= 15 is 0 Å². The summed E-state index contributed by atoms with van der Waals surface area (Å²) in [5.41, 5.74) is 5.87. The summed E-state index contributed by atoms with van der Waals surface area (Å²) < 4.78 is 17.6. The molecule has 0 spiro atoms. The van der Waals surface area contributed by atoms with Crippen LogP contribution in [-0.2, 0) is 0 Å². The van der Waals surface area contributed by atoms with Crippen LogP contribution in [0.3, 0.4) is 0 Å². The normalized spacial score (nSPS) is 10.9. The summed E-state index contributed by atoms with van der Waals surface area (Å²) in [6.45, 7) is -0.276. The van der Waals surface area contributed by atoms with Crippen molar-refractivity contribution in [3.05, 3.63) is 23.6 Å². The average molecular weight is 259 g/mol. The average Bonchev–Trinajstić information content (AvgIpc) is 2.16. The molecule has 0 radical (unpaired) electrons. The molecule has 7 heteroatoms. The third-order valence-corrected chi connectivity index (χ3v) is 1.63. The van der Waals surface area contributed by atoms with Crippen LogP contribution in [-0.4, -0.2) is 23.8 Å². The van der Waals surface area contributed by atoms with E-state index in [0.717, 1.165) is 6.20 Å². The van der Waals surface area contributed by atoms with Crippen LogP contribution in [0.25, 0.3) is 0 Å². The number of hydrogen-bond acceptors (Lipinski definition) is 4. The summed E-state index contributed by atoms with van der Waals surface area (Å²) in [7, 11) is 1.41. The van der Waals surface area contributed by atoms with Gasteiger partial charge in [0, 0.05) is 5.56 Å². The molecule has 4 nitrogen and oxygen atoms in total. The summed E-state index contributed by atoms with van der Waals surface area (Å²) >= 11 is 0. The monoisotopic (exact) mass is 258 g/mol. The molecule has 0 saturated heterocycles. The largest absolute Gasteiger partial charge is 0.481 e. The van der Waals surface area contributed by atoms with Crippen LogP contribution in [0, 0.1) is 5.82 Å². The fraction of sp³-hybridized carbons (Fsp3) is 0.375. The Bertz CT molecular complexity index is 302. The van der Waals surface area contributed by atoms with Crippen molar-refractivity contribution in [3.8, 4) is 5.88 Å². The van der Waals surface area contributed by atoms with Gasteiger partial charge in [-0.05, 0) is 6.07 Å². The maximum Gasteiger partial charge on any atom is 0.218 e. The quantitative estimate of drug-likeness (QED) is 0.851. The van der Waals surface area contributed by atoms with E-state index in [4.69, 9.17) is 15.6 Å². The van der Waals surface area contributed by atoms with E-state index < -0.39 is 11.9 Å². The highest BCUT2D eigenvalue weighted by molar-refractivity contribution is 5.85. The number of aliphatic hydroxyl groups excluding tert-OH is 1. The van der Waals surface area contributed by atoms with E-state index in [2.05, 4.69) is 4.98 Å². The minimum atomic E-state index is -0.668. The fourth-order valence-corrected chi connectivity index (χ4v) is 0.977. The number of ether oxygens (including phenoxy) is 1. The SMILES string of the molecule is COc1ncc(F)cc1[C@H](N)CO.Cl.Cl. The van der Waals surface area contributed by atoms with E-state index in [1.165, 1.54) is 13.2 Å². The third kappa shape index (κ3) is 4.17. The predicted molar refractivity (Wildman–Crippen MR) is 59.3 cm³/mol. The molecule has 3 N–H and O–H groups in total. The van der Waals surface area contributed by atoms with Crippen LogP contribution in [0.2, 0.25) is 0 Å². The van der Waals surface area contributed by atoms with Crippen LogP contribution in [0.1, 0.15) is 11.6 Å². The Hall–Kier alpha value is -0.620. The van der Waals surface area contributed by atoms with Gasteiger partial charge in [-0.3, -0.25) is 0 Å². The minimum absolute atomic E-state index is 0. The van der Waals surface area contributed by atoms with Gasteiger partial charge in [0.25, 0.3) is 0 Å². The molecule has 0 aliphatic heterocycles. The molecular formula is C8H13Cl2FN2O2. The van der Waals surface area contributed by atoms with Gasteiger partial charge in [-0.15, -0.1) is 24.8 Å². The first-order valence-electron chi connectivity index (χ1n) is 3.75. The molecule has 1 aromatic rings. The molecule has 15 heavy (non-hydrogen) atoms. The lowest BCUT2D eigenvalue weighted by Crippen LogP contribution is -2.16. The Morgan fingerprint density at radius 1 is 1.60 bits per heavy atom. The van der Waals surface area contributed by atoms with E-state index in [9.17, 15) is 4.39 Å². The molecule has 88 valence electrons. The minimum Gasteiger partial charge on any atom is -0.481 e. The third-order valence-electron chi connectivity index (χ3n) is 1.63. The predicted octanol–water partition coefficient (Wildman–Crippen LogP) is 1.06. The van der Waals surface area contributed by atoms with Crippen LogP contribution in [0.4, 0.5) is 4.39 Å². The second-order valence-electron chi connectivity index (χ2n) is 2.54. The first kappa shape index (κ1) is 16.8. The first-order valence-corrected chi connectivity index (χ1v) is 3.75. The van der Waals surface area contributed by atoms with Gasteiger partial charge in [0.1, 0.15) is 5.82 Å². The van der Waals surface area contributed by atoms with Crippen molar-refractivity contribution < 1.29 is 14.2 Å². The zero-order valence-corrected chi connectivity index (χ0v) is 9.65. The van der Waals surface area contributed by atoms with E-state index in [1.807, 2.05) is 0 Å². The zero-order chi connectivity index (χ0) is 9.84. The van der Waals surface area contributed by atoms with Gasteiger partial charge < -0.3 is 15.6 Å². The van der Waals surface area contributed by atoms with Gasteiger partial charge in [0.15, 0.2) is 0 Å². The molecule has 0 fully saturated rings. The highest BCUT2D eigenvalue weighted by atomic mass is 35.5. The number of halogens is 3. The molecule has 0 saturated carbocycles. The summed E-state index contributed by atoms with van der Waals surface area (Å²) in [5.74, 6) is -0.261. The second kappa shape index (κ2) is 7.64. The van der Waals surface area contributed by atoms with Crippen molar-refractivity contribution in [1.82, 2.24) is 4.98 Å². The maximum atomic E-state index is 12.7. The molecule has 1 rings (SSSR count). The highest BCUT2D eigenvalue weighted by Crippen LogP contribution is 2.21. The Labute approximate surface area is 99.5 Å². The number of hydrogen-bond donors (Lipinski definition) is 2. The standard InChI is InChI=1S/C8H11FN2O2.2ClH/c1-13-8-6(7(10)4-12)2-5(9)3-11-8;;/h2-3,7,12H,4,10H2,1H3;2*1H/t7-;;/m1../s1. The lowest BCUT2D eigenvalue weighted by Gasteiger charge is -2.11. The summed E-state index contributed by atoms with van der Waals surface area (Å²) in [5, 5.41) is 8.77.